The predicted octanol–water partition coefficient (Wildman–Crippen LogP) is 1.06. The molecule has 2 rings (SSSR count). The average molecular weight is 332 g/mol. The zero-order valence-corrected chi connectivity index (χ0v) is 13.4. The third kappa shape index (κ3) is 4.96. The van der Waals surface area contributed by atoms with Gasteiger partial charge >= 0.3 is 5.69 Å². The second-order valence-electron chi connectivity index (χ2n) is 5.29. The molecule has 0 aliphatic carbocycles. The van der Waals surface area contributed by atoms with Gasteiger partial charge in [0.15, 0.2) is 0 Å². The first-order valence-electron chi connectivity index (χ1n) is 7.25. The molecule has 1 amide bonds. The van der Waals surface area contributed by atoms with Crippen molar-refractivity contribution in [2.75, 3.05) is 26.2 Å². The maximum Gasteiger partial charge on any atom is 0.307 e. The normalized spacial score (nSPS) is 15.4. The molecule has 1 aliphatic heterocycles. The van der Waals surface area contributed by atoms with Crippen molar-refractivity contribution in [2.45, 2.75) is 26.3 Å². The smallest absolute Gasteiger partial charge is 0.307 e. The number of aromatic nitrogens is 2. The van der Waals surface area contributed by atoms with Gasteiger partial charge in [-0.1, -0.05) is 6.92 Å². The Morgan fingerprint density at radius 1 is 1.50 bits per heavy atom. The van der Waals surface area contributed by atoms with Gasteiger partial charge < -0.3 is 10.2 Å². The summed E-state index contributed by atoms with van der Waals surface area (Å²) >= 11 is 0. The van der Waals surface area contributed by atoms with Crippen LogP contribution in [-0.2, 0) is 11.3 Å². The van der Waals surface area contributed by atoms with Crippen molar-refractivity contribution in [1.29, 1.82) is 0 Å². The number of amides is 1. The molecule has 2 heterocycles. The topological polar surface area (TPSA) is 93.3 Å². The van der Waals surface area contributed by atoms with Crippen LogP contribution in [0.15, 0.2) is 12.4 Å². The Labute approximate surface area is 135 Å². The highest BCUT2D eigenvalue weighted by atomic mass is 35.5. The fraction of sp³-hybridized carbons (Fsp3) is 0.692. The lowest BCUT2D eigenvalue weighted by Crippen LogP contribution is -2.42. The molecule has 22 heavy (non-hydrogen) atoms. The van der Waals surface area contributed by atoms with Gasteiger partial charge in [0, 0.05) is 13.1 Å². The number of rotatable bonds is 6. The van der Waals surface area contributed by atoms with E-state index in [1.807, 2.05) is 4.90 Å². The molecule has 1 N–H and O–H groups in total. The lowest BCUT2D eigenvalue weighted by atomic mass is 9.97. The van der Waals surface area contributed by atoms with Crippen molar-refractivity contribution in [1.82, 2.24) is 20.0 Å². The van der Waals surface area contributed by atoms with Gasteiger partial charge in [0.25, 0.3) is 0 Å². The van der Waals surface area contributed by atoms with Crippen molar-refractivity contribution in [3.8, 4) is 0 Å². The van der Waals surface area contributed by atoms with Crippen LogP contribution in [0, 0.1) is 16.0 Å². The Balaban J connectivity index is 0.00000242. The number of piperidine rings is 1. The third-order valence-corrected chi connectivity index (χ3v) is 3.78. The van der Waals surface area contributed by atoms with Crippen LogP contribution in [0.2, 0.25) is 0 Å². The van der Waals surface area contributed by atoms with Crippen LogP contribution in [0.4, 0.5) is 5.69 Å². The number of hydrogen-bond donors (Lipinski definition) is 1. The van der Waals surface area contributed by atoms with E-state index in [4.69, 9.17) is 0 Å². The molecule has 1 aliphatic rings. The maximum absolute atomic E-state index is 12.1. The summed E-state index contributed by atoms with van der Waals surface area (Å²) in [6.07, 6.45) is 4.45. The van der Waals surface area contributed by atoms with Crippen molar-refractivity contribution < 1.29 is 9.72 Å². The third-order valence-electron chi connectivity index (χ3n) is 3.78. The molecule has 9 heteroatoms. The minimum absolute atomic E-state index is 0. The van der Waals surface area contributed by atoms with Gasteiger partial charge in [0.1, 0.15) is 18.9 Å². The minimum Gasteiger partial charge on any atom is -0.341 e. The molecule has 1 fully saturated rings. The summed E-state index contributed by atoms with van der Waals surface area (Å²) in [7, 11) is 0. The molecule has 8 nitrogen and oxygen atoms in total. The van der Waals surface area contributed by atoms with E-state index in [9.17, 15) is 14.9 Å². The van der Waals surface area contributed by atoms with E-state index in [0.717, 1.165) is 45.2 Å². The number of nitrogens with one attached hydrogen (secondary N) is 1. The fourth-order valence-corrected chi connectivity index (χ4v) is 2.51. The van der Waals surface area contributed by atoms with Crippen molar-refractivity contribution in [3.63, 3.8) is 0 Å². The first-order chi connectivity index (χ1) is 10.1. The van der Waals surface area contributed by atoms with Crippen LogP contribution in [0.5, 0.6) is 0 Å². The average Bonchev–Trinajstić information content (AvgIpc) is 2.94. The quantitative estimate of drug-likeness (QED) is 0.621. The number of nitro groups is 1. The molecule has 0 unspecified atom stereocenters. The van der Waals surface area contributed by atoms with Gasteiger partial charge in [-0.2, -0.15) is 5.10 Å². The zero-order valence-electron chi connectivity index (χ0n) is 12.6. The Morgan fingerprint density at radius 2 is 2.18 bits per heavy atom. The Morgan fingerprint density at radius 3 is 2.73 bits per heavy atom. The second-order valence-corrected chi connectivity index (χ2v) is 5.29. The Hall–Kier alpha value is -1.67. The number of likely N-dealkylation sites (tertiary alicyclic amines) is 1. The van der Waals surface area contributed by atoms with Crippen LogP contribution in [0.3, 0.4) is 0 Å². The van der Waals surface area contributed by atoms with E-state index >= 15 is 0 Å². The number of carbonyl (C=O) groups excluding carboxylic acids is 1. The van der Waals surface area contributed by atoms with Gasteiger partial charge in [-0.3, -0.25) is 19.6 Å². The van der Waals surface area contributed by atoms with E-state index in [0.29, 0.717) is 5.92 Å². The van der Waals surface area contributed by atoms with Crippen LogP contribution in [-0.4, -0.2) is 51.7 Å². The van der Waals surface area contributed by atoms with Gasteiger partial charge in [-0.25, -0.2) is 0 Å². The zero-order chi connectivity index (χ0) is 15.2. The van der Waals surface area contributed by atoms with Crippen LogP contribution >= 0.6 is 12.4 Å². The van der Waals surface area contributed by atoms with Gasteiger partial charge in [-0.15, -0.1) is 12.4 Å². The van der Waals surface area contributed by atoms with E-state index in [1.165, 1.54) is 10.9 Å². The van der Waals surface area contributed by atoms with Gasteiger partial charge in [0.2, 0.25) is 5.91 Å². The lowest BCUT2D eigenvalue weighted by Gasteiger charge is -2.32. The monoisotopic (exact) mass is 331 g/mol. The number of nitrogens with zero attached hydrogens (tertiary/aromatic N) is 4. The molecule has 1 aromatic rings. The first kappa shape index (κ1) is 18.4. The SMILES string of the molecule is CCNCC1CCN(C(=O)Cn2cc([N+](=O)[O-])cn2)CC1.Cl. The molecule has 1 saturated heterocycles. The van der Waals surface area contributed by atoms with Gasteiger partial charge in [0.05, 0.1) is 4.92 Å². The standard InChI is InChI=1S/C13H21N5O3.ClH/c1-2-14-7-11-3-5-16(6-4-11)13(19)10-17-9-12(8-15-17)18(20)21;/h8-9,11,14H,2-7,10H2,1H3;1H. The highest BCUT2D eigenvalue weighted by Crippen LogP contribution is 2.17. The predicted molar refractivity (Wildman–Crippen MR) is 84.0 cm³/mol. The highest BCUT2D eigenvalue weighted by molar-refractivity contribution is 5.85. The summed E-state index contributed by atoms with van der Waals surface area (Å²) in [4.78, 5) is 24.0. The molecule has 0 saturated carbocycles. The number of halogens is 1. The Bertz CT molecular complexity index is 500. The van der Waals surface area contributed by atoms with Crippen LogP contribution in [0.1, 0.15) is 19.8 Å². The summed E-state index contributed by atoms with van der Waals surface area (Å²) < 4.78 is 1.32. The van der Waals surface area contributed by atoms with E-state index < -0.39 is 4.92 Å². The molecule has 1 aromatic heterocycles. The lowest BCUT2D eigenvalue weighted by molar-refractivity contribution is -0.385. The van der Waals surface area contributed by atoms with Crippen molar-refractivity contribution in [3.05, 3.63) is 22.5 Å². The summed E-state index contributed by atoms with van der Waals surface area (Å²) in [5.74, 6) is 0.592. The minimum atomic E-state index is -0.514. The molecular formula is C13H22ClN5O3. The van der Waals surface area contributed by atoms with Crippen molar-refractivity contribution >= 4 is 24.0 Å². The van der Waals surface area contributed by atoms with Gasteiger partial charge in [-0.05, 0) is 31.8 Å². The molecule has 0 aromatic carbocycles. The molecule has 124 valence electrons. The van der Waals surface area contributed by atoms with E-state index in [-0.39, 0.29) is 30.5 Å². The van der Waals surface area contributed by atoms with E-state index in [1.54, 1.807) is 0 Å². The molecule has 0 bridgehead atoms. The Kier molecular flexibility index (Phi) is 7.26. The molecular weight excluding hydrogens is 310 g/mol. The first-order valence-corrected chi connectivity index (χ1v) is 7.25. The summed E-state index contributed by atoms with van der Waals surface area (Å²) in [6, 6.07) is 0. The number of carbonyl (C=O) groups is 1. The molecule has 0 spiro atoms. The van der Waals surface area contributed by atoms with Crippen LogP contribution in [0.25, 0.3) is 0 Å². The van der Waals surface area contributed by atoms with Crippen molar-refractivity contribution in [2.24, 2.45) is 5.92 Å². The summed E-state index contributed by atoms with van der Waals surface area (Å²) in [5, 5.41) is 17.8. The van der Waals surface area contributed by atoms with E-state index in [2.05, 4.69) is 17.3 Å². The second kappa shape index (κ2) is 8.70. The maximum atomic E-state index is 12.1. The summed E-state index contributed by atoms with van der Waals surface area (Å²) in [6.45, 7) is 5.62. The summed E-state index contributed by atoms with van der Waals surface area (Å²) in [5.41, 5.74) is -0.0906. The molecule has 0 radical (unpaired) electrons. The van der Waals surface area contributed by atoms with Crippen LogP contribution < -0.4 is 5.32 Å². The molecule has 0 atom stereocenters. The number of hydrogen-bond acceptors (Lipinski definition) is 5. The highest BCUT2D eigenvalue weighted by Gasteiger charge is 2.23. The fourth-order valence-electron chi connectivity index (χ4n) is 2.51. The largest absolute Gasteiger partial charge is 0.341 e.